The minimum absolute atomic E-state index is 0.0359. The van der Waals surface area contributed by atoms with Gasteiger partial charge in [-0.1, -0.05) is 48.5 Å². The lowest BCUT2D eigenvalue weighted by molar-refractivity contribution is -0.160. The summed E-state index contributed by atoms with van der Waals surface area (Å²) < 4.78 is 42.5. The number of aliphatic hydroxyl groups is 1. The Balaban J connectivity index is 1.46. The van der Waals surface area contributed by atoms with Gasteiger partial charge in [-0.25, -0.2) is 9.59 Å². The third-order valence-corrected chi connectivity index (χ3v) is 5.32. The van der Waals surface area contributed by atoms with Crippen molar-refractivity contribution in [2.24, 2.45) is 0 Å². The minimum atomic E-state index is -4.79. The van der Waals surface area contributed by atoms with Crippen molar-refractivity contribution in [2.45, 2.75) is 37.1 Å². The van der Waals surface area contributed by atoms with Gasteiger partial charge in [0, 0.05) is 12.5 Å². The number of aliphatic hydroxyl groups excluding tert-OH is 1. The monoisotopic (exact) mass is 480 g/mol. The number of ether oxygens (including phenoxy) is 1. The van der Waals surface area contributed by atoms with Gasteiger partial charge in [-0.3, -0.25) is 4.79 Å². The number of aliphatic carboxylic acids is 1. The Labute approximate surface area is 192 Å². The van der Waals surface area contributed by atoms with E-state index < -0.39 is 55.7 Å². The van der Waals surface area contributed by atoms with Crippen LogP contribution in [0.15, 0.2) is 48.5 Å². The van der Waals surface area contributed by atoms with Gasteiger partial charge in [0.05, 0.1) is 18.9 Å². The normalized spacial score (nSPS) is 14.5. The molecule has 0 fully saturated rings. The molecule has 2 amide bonds. The molecule has 3 rings (SSSR count). The number of fused-ring (bicyclic) bond motifs is 3. The molecule has 4 N–H and O–H groups in total. The van der Waals surface area contributed by atoms with Gasteiger partial charge >= 0.3 is 18.2 Å². The molecule has 0 saturated carbocycles. The van der Waals surface area contributed by atoms with Gasteiger partial charge in [0.25, 0.3) is 0 Å². The molecule has 0 radical (unpaired) electrons. The molecule has 1 aliphatic carbocycles. The van der Waals surface area contributed by atoms with E-state index in [1.807, 2.05) is 48.5 Å². The number of carboxylic acid groups (broad SMARTS) is 1. The maximum atomic E-state index is 12.4. The smallest absolute Gasteiger partial charge is 0.407 e. The van der Waals surface area contributed by atoms with E-state index in [0.29, 0.717) is 0 Å². The van der Waals surface area contributed by atoms with Crippen LogP contribution in [0.5, 0.6) is 0 Å². The zero-order chi connectivity index (χ0) is 24.9. The Morgan fingerprint density at radius 1 is 1.00 bits per heavy atom. The lowest BCUT2D eigenvalue weighted by Crippen LogP contribution is -2.45. The number of nitrogens with one attached hydrogen (secondary N) is 2. The summed E-state index contributed by atoms with van der Waals surface area (Å²) >= 11 is 0. The molecule has 1 aliphatic rings. The average molecular weight is 480 g/mol. The fourth-order valence-electron chi connectivity index (χ4n) is 3.82. The number of benzene rings is 2. The molecule has 8 nitrogen and oxygen atoms in total. The van der Waals surface area contributed by atoms with E-state index in [4.69, 9.17) is 9.84 Å². The van der Waals surface area contributed by atoms with E-state index in [1.54, 1.807) is 5.32 Å². The van der Waals surface area contributed by atoms with Crippen molar-refractivity contribution in [2.75, 3.05) is 13.2 Å². The fourth-order valence-corrected chi connectivity index (χ4v) is 3.82. The van der Waals surface area contributed by atoms with Crippen molar-refractivity contribution in [3.63, 3.8) is 0 Å². The summed E-state index contributed by atoms with van der Waals surface area (Å²) in [5.74, 6) is -3.12. The zero-order valence-electron chi connectivity index (χ0n) is 17.8. The highest BCUT2D eigenvalue weighted by Crippen LogP contribution is 2.44. The number of hydrogen-bond acceptors (Lipinski definition) is 5. The summed E-state index contributed by atoms with van der Waals surface area (Å²) in [5.41, 5.74) is 4.14. The summed E-state index contributed by atoms with van der Waals surface area (Å²) in [5, 5.41) is 22.7. The number of amides is 2. The molecule has 2 aromatic carbocycles. The van der Waals surface area contributed by atoms with Crippen molar-refractivity contribution >= 4 is 18.0 Å². The van der Waals surface area contributed by atoms with Crippen LogP contribution < -0.4 is 10.6 Å². The molecule has 0 aliphatic heterocycles. The summed E-state index contributed by atoms with van der Waals surface area (Å²) in [7, 11) is 0. The first-order valence-electron chi connectivity index (χ1n) is 10.4. The second-order valence-electron chi connectivity index (χ2n) is 7.84. The molecular formula is C23H23F3N2O6. The van der Waals surface area contributed by atoms with Crippen molar-refractivity contribution < 1.29 is 42.5 Å². The predicted octanol–water partition coefficient (Wildman–Crippen LogP) is 2.80. The topological polar surface area (TPSA) is 125 Å². The van der Waals surface area contributed by atoms with Crippen LogP contribution in [0.1, 0.15) is 29.9 Å². The highest BCUT2D eigenvalue weighted by Gasteiger charge is 2.36. The molecule has 34 heavy (non-hydrogen) atoms. The van der Waals surface area contributed by atoms with Crippen LogP contribution in [0, 0.1) is 0 Å². The second-order valence-corrected chi connectivity index (χ2v) is 7.84. The van der Waals surface area contributed by atoms with Crippen LogP contribution in [0.25, 0.3) is 11.1 Å². The van der Waals surface area contributed by atoms with E-state index in [2.05, 4.69) is 5.32 Å². The van der Waals surface area contributed by atoms with Crippen molar-refractivity contribution in [1.82, 2.24) is 10.6 Å². The Kier molecular flexibility index (Phi) is 7.77. The molecule has 0 heterocycles. The Bertz CT molecular complexity index is 1010. The van der Waals surface area contributed by atoms with Crippen LogP contribution in [0.4, 0.5) is 18.0 Å². The first-order valence-corrected chi connectivity index (χ1v) is 10.4. The molecule has 2 aromatic rings. The molecule has 2 atom stereocenters. The number of carboxylic acids is 1. The fraction of sp³-hybridized carbons (Fsp3) is 0.348. The van der Waals surface area contributed by atoms with Crippen LogP contribution in [-0.4, -0.2) is 59.7 Å². The molecule has 0 saturated heterocycles. The third-order valence-electron chi connectivity index (χ3n) is 5.32. The maximum Gasteiger partial charge on any atom is 0.407 e. The van der Waals surface area contributed by atoms with Gasteiger partial charge < -0.3 is 25.6 Å². The molecule has 0 spiro atoms. The molecule has 0 aromatic heterocycles. The largest absolute Gasteiger partial charge is 0.480 e. The molecule has 11 heteroatoms. The number of alkyl halides is 3. The van der Waals surface area contributed by atoms with E-state index in [1.165, 1.54) is 0 Å². The number of carbonyl (C=O) groups is 3. The summed E-state index contributed by atoms with van der Waals surface area (Å²) in [6.45, 7) is -0.380. The lowest BCUT2D eigenvalue weighted by Gasteiger charge is -2.18. The quantitative estimate of drug-likeness (QED) is 0.438. The summed E-state index contributed by atoms with van der Waals surface area (Å²) in [4.78, 5) is 34.8. The van der Waals surface area contributed by atoms with E-state index >= 15 is 0 Å². The number of hydrogen-bond donors (Lipinski definition) is 4. The van der Waals surface area contributed by atoms with E-state index in [9.17, 15) is 32.7 Å². The number of halogens is 3. The second kappa shape index (κ2) is 10.6. The predicted molar refractivity (Wildman–Crippen MR) is 114 cm³/mol. The van der Waals surface area contributed by atoms with Crippen molar-refractivity contribution in [3.05, 3.63) is 59.7 Å². The minimum Gasteiger partial charge on any atom is -0.480 e. The van der Waals surface area contributed by atoms with E-state index in [0.717, 1.165) is 22.3 Å². The van der Waals surface area contributed by atoms with Crippen LogP contribution in [-0.2, 0) is 14.3 Å². The van der Waals surface area contributed by atoms with Gasteiger partial charge in [0.15, 0.2) is 0 Å². The highest BCUT2D eigenvalue weighted by molar-refractivity contribution is 5.84. The van der Waals surface area contributed by atoms with Gasteiger partial charge in [0.1, 0.15) is 12.6 Å². The van der Waals surface area contributed by atoms with Gasteiger partial charge in [-0.05, 0) is 22.3 Å². The Hall–Kier alpha value is -3.60. The Morgan fingerprint density at radius 2 is 1.56 bits per heavy atom. The maximum absolute atomic E-state index is 12.4. The average Bonchev–Trinajstić information content (AvgIpc) is 3.08. The zero-order valence-corrected chi connectivity index (χ0v) is 17.8. The SMILES string of the molecule is O=C(CC(O)CNC(=O)OCC1c2ccccc2-c2ccccc21)NC(CC(F)(F)F)C(=O)O. The number of alkyl carbamates (subject to hydrolysis) is 1. The van der Waals surface area contributed by atoms with Gasteiger partial charge in [-0.15, -0.1) is 0 Å². The van der Waals surface area contributed by atoms with E-state index in [-0.39, 0.29) is 12.5 Å². The molecular weight excluding hydrogens is 457 g/mol. The highest BCUT2D eigenvalue weighted by atomic mass is 19.4. The molecule has 2 unspecified atom stereocenters. The van der Waals surface area contributed by atoms with Crippen molar-refractivity contribution in [1.29, 1.82) is 0 Å². The number of carbonyl (C=O) groups excluding carboxylic acids is 2. The van der Waals surface area contributed by atoms with Crippen LogP contribution in [0.3, 0.4) is 0 Å². The van der Waals surface area contributed by atoms with Gasteiger partial charge in [0.2, 0.25) is 5.91 Å². The lowest BCUT2D eigenvalue weighted by atomic mass is 9.98. The van der Waals surface area contributed by atoms with Gasteiger partial charge in [-0.2, -0.15) is 13.2 Å². The molecule has 0 bridgehead atoms. The Morgan fingerprint density at radius 3 is 2.09 bits per heavy atom. The van der Waals surface area contributed by atoms with Crippen LogP contribution in [0.2, 0.25) is 0 Å². The van der Waals surface area contributed by atoms with Crippen molar-refractivity contribution in [3.8, 4) is 11.1 Å². The third kappa shape index (κ3) is 6.47. The standard InChI is InChI=1S/C23H23F3N2O6/c24-23(25,26)10-19(21(31)32)28-20(30)9-13(29)11-27-22(33)34-12-18-16-7-3-1-5-14(16)15-6-2-4-8-17(15)18/h1-8,13,18-19,29H,9-12H2,(H,27,33)(H,28,30)(H,31,32). The number of rotatable bonds is 9. The molecule has 182 valence electrons. The summed E-state index contributed by atoms with van der Waals surface area (Å²) in [6.07, 6.45) is -9.55. The van der Waals surface area contributed by atoms with Crippen LogP contribution >= 0.6 is 0 Å². The summed E-state index contributed by atoms with van der Waals surface area (Å²) in [6, 6.07) is 13.3. The first-order chi connectivity index (χ1) is 16.0. The first kappa shape index (κ1) is 25.0.